The zero-order valence-electron chi connectivity index (χ0n) is 12.0. The number of furan rings is 1. The van der Waals surface area contributed by atoms with Gasteiger partial charge in [-0.1, -0.05) is 6.92 Å². The molecule has 21 heavy (non-hydrogen) atoms. The highest BCUT2D eigenvalue weighted by Gasteiger charge is 2.36. The second kappa shape index (κ2) is 5.39. The van der Waals surface area contributed by atoms with Gasteiger partial charge in [0, 0.05) is 18.5 Å². The molecule has 2 fully saturated rings. The molecule has 5 nitrogen and oxygen atoms in total. The number of nitrogens with zero attached hydrogens (tertiary/aromatic N) is 1. The fourth-order valence-corrected chi connectivity index (χ4v) is 2.91. The average molecular weight is 289 g/mol. The van der Waals surface area contributed by atoms with Gasteiger partial charge in [0.15, 0.2) is 0 Å². The zero-order chi connectivity index (χ0) is 15.0. The van der Waals surface area contributed by atoms with Crippen molar-refractivity contribution in [2.75, 3.05) is 6.54 Å². The Labute approximate surface area is 123 Å². The first-order valence-corrected chi connectivity index (χ1v) is 7.37. The van der Waals surface area contributed by atoms with Gasteiger partial charge in [0.1, 0.15) is 17.6 Å². The number of carbonyl (C=O) groups is 2. The van der Waals surface area contributed by atoms with Gasteiger partial charge in [-0.25, -0.2) is 4.79 Å². The normalized spacial score (nSPS) is 28.2. The minimum atomic E-state index is -0.933. The van der Waals surface area contributed by atoms with Gasteiger partial charge in [-0.2, -0.15) is 0 Å². The summed E-state index contributed by atoms with van der Waals surface area (Å²) in [5.74, 6) is 1.60. The summed E-state index contributed by atoms with van der Waals surface area (Å²) < 4.78 is 5.69. The molecule has 0 aromatic carbocycles. The lowest BCUT2D eigenvalue weighted by Crippen LogP contribution is -2.39. The van der Waals surface area contributed by atoms with Crippen LogP contribution in [0.4, 0.5) is 0 Å². The number of rotatable bonds is 4. The molecule has 3 atom stereocenters. The van der Waals surface area contributed by atoms with E-state index in [0.29, 0.717) is 30.6 Å². The van der Waals surface area contributed by atoms with Crippen molar-refractivity contribution >= 4 is 18.0 Å². The summed E-state index contributed by atoms with van der Waals surface area (Å²) >= 11 is 0. The van der Waals surface area contributed by atoms with E-state index < -0.39 is 12.0 Å². The maximum atomic E-state index is 12.1. The van der Waals surface area contributed by atoms with Crippen molar-refractivity contribution in [1.29, 1.82) is 0 Å². The Bertz CT molecular complexity index is 589. The third-order valence-corrected chi connectivity index (χ3v) is 4.33. The lowest BCUT2D eigenvalue weighted by Gasteiger charge is -2.19. The first kappa shape index (κ1) is 13.9. The van der Waals surface area contributed by atoms with Crippen molar-refractivity contribution in [3.63, 3.8) is 0 Å². The summed E-state index contributed by atoms with van der Waals surface area (Å²) in [6.45, 7) is 2.69. The largest absolute Gasteiger partial charge is 0.480 e. The van der Waals surface area contributed by atoms with Crippen LogP contribution in [0.1, 0.15) is 43.6 Å². The number of likely N-dealkylation sites (tertiary alicyclic amines) is 1. The molecule has 1 aliphatic carbocycles. The number of amides is 1. The van der Waals surface area contributed by atoms with Crippen LogP contribution in [-0.2, 0) is 9.59 Å². The van der Waals surface area contributed by atoms with Gasteiger partial charge in [0.05, 0.1) is 0 Å². The standard InChI is InChI=1S/C16H19NO4/c1-10-9-12(10)14-6-4-11(21-14)5-7-15(18)17-8-2-3-13(17)16(19)20/h4-7,10,12-13H,2-3,8-9H2,1H3,(H,19,20)/b7-5+/t10-,12-,13-/m1/s1. The molecule has 1 aromatic rings. The fourth-order valence-electron chi connectivity index (χ4n) is 2.91. The highest BCUT2D eigenvalue weighted by Crippen LogP contribution is 2.47. The molecule has 0 radical (unpaired) electrons. The van der Waals surface area contributed by atoms with Gasteiger partial charge in [-0.15, -0.1) is 0 Å². The average Bonchev–Trinajstić information content (AvgIpc) is 2.90. The SMILES string of the molecule is C[C@@H]1C[C@H]1c1ccc(/C=C/C(=O)N2CCC[C@@H]2C(=O)O)o1. The Morgan fingerprint density at radius 2 is 2.19 bits per heavy atom. The number of carboxylic acid groups (broad SMARTS) is 1. The van der Waals surface area contributed by atoms with Gasteiger partial charge in [-0.3, -0.25) is 4.79 Å². The highest BCUT2D eigenvalue weighted by molar-refractivity contribution is 5.94. The summed E-state index contributed by atoms with van der Waals surface area (Å²) in [6.07, 6.45) is 5.44. The Morgan fingerprint density at radius 1 is 1.43 bits per heavy atom. The van der Waals surface area contributed by atoms with E-state index in [1.807, 2.05) is 12.1 Å². The predicted molar refractivity (Wildman–Crippen MR) is 76.6 cm³/mol. The highest BCUT2D eigenvalue weighted by atomic mass is 16.4. The van der Waals surface area contributed by atoms with E-state index in [0.717, 1.165) is 18.6 Å². The maximum Gasteiger partial charge on any atom is 0.326 e. The van der Waals surface area contributed by atoms with Crippen LogP contribution in [0.3, 0.4) is 0 Å². The Kier molecular flexibility index (Phi) is 3.57. The van der Waals surface area contributed by atoms with Crippen LogP contribution in [0.25, 0.3) is 6.08 Å². The third kappa shape index (κ3) is 2.86. The number of hydrogen-bond donors (Lipinski definition) is 1. The molecule has 5 heteroatoms. The first-order chi connectivity index (χ1) is 10.1. The molecule has 112 valence electrons. The second-order valence-corrected chi connectivity index (χ2v) is 5.92. The molecule has 2 aliphatic rings. The molecule has 1 saturated carbocycles. The van der Waals surface area contributed by atoms with E-state index in [1.54, 1.807) is 6.08 Å². The number of carbonyl (C=O) groups excluding carboxylic acids is 1. The van der Waals surface area contributed by atoms with E-state index in [2.05, 4.69) is 6.92 Å². The summed E-state index contributed by atoms with van der Waals surface area (Å²) in [6, 6.07) is 3.11. The first-order valence-electron chi connectivity index (χ1n) is 7.37. The monoisotopic (exact) mass is 289 g/mol. The lowest BCUT2D eigenvalue weighted by atomic mass is 10.2. The molecule has 2 heterocycles. The maximum absolute atomic E-state index is 12.1. The van der Waals surface area contributed by atoms with Crippen molar-refractivity contribution in [2.45, 2.75) is 38.1 Å². The van der Waals surface area contributed by atoms with Crippen LogP contribution in [-0.4, -0.2) is 34.5 Å². The van der Waals surface area contributed by atoms with Gasteiger partial charge in [0.25, 0.3) is 0 Å². The van der Waals surface area contributed by atoms with Crippen LogP contribution in [0.15, 0.2) is 22.6 Å². The van der Waals surface area contributed by atoms with Crippen molar-refractivity contribution < 1.29 is 19.1 Å². The molecule has 0 bridgehead atoms. The molecule has 1 amide bonds. The molecule has 3 rings (SSSR count). The summed E-state index contributed by atoms with van der Waals surface area (Å²) in [7, 11) is 0. The fraction of sp³-hybridized carbons (Fsp3) is 0.500. The minimum absolute atomic E-state index is 0.266. The molecular weight excluding hydrogens is 270 g/mol. The van der Waals surface area contributed by atoms with E-state index >= 15 is 0 Å². The summed E-state index contributed by atoms with van der Waals surface area (Å²) in [4.78, 5) is 24.6. The van der Waals surface area contributed by atoms with E-state index in [-0.39, 0.29) is 5.91 Å². The quantitative estimate of drug-likeness (QED) is 0.864. The Balaban J connectivity index is 1.64. The third-order valence-electron chi connectivity index (χ3n) is 4.33. The summed E-state index contributed by atoms with van der Waals surface area (Å²) in [5, 5.41) is 9.08. The summed E-state index contributed by atoms with van der Waals surface area (Å²) in [5.41, 5.74) is 0. The van der Waals surface area contributed by atoms with Gasteiger partial charge >= 0.3 is 5.97 Å². The van der Waals surface area contributed by atoms with Crippen molar-refractivity contribution in [1.82, 2.24) is 4.90 Å². The van der Waals surface area contributed by atoms with Crippen molar-refractivity contribution in [3.8, 4) is 0 Å². The Morgan fingerprint density at radius 3 is 2.86 bits per heavy atom. The molecule has 1 aromatic heterocycles. The number of aliphatic carboxylic acids is 1. The van der Waals surface area contributed by atoms with Crippen LogP contribution in [0, 0.1) is 5.92 Å². The lowest BCUT2D eigenvalue weighted by molar-refractivity contribution is -0.146. The van der Waals surface area contributed by atoms with Crippen LogP contribution in [0.2, 0.25) is 0 Å². The molecular formula is C16H19NO4. The number of carboxylic acids is 1. The topological polar surface area (TPSA) is 70.8 Å². The van der Waals surface area contributed by atoms with Crippen LogP contribution >= 0.6 is 0 Å². The smallest absolute Gasteiger partial charge is 0.326 e. The molecule has 1 aliphatic heterocycles. The van der Waals surface area contributed by atoms with Gasteiger partial charge in [0.2, 0.25) is 5.91 Å². The minimum Gasteiger partial charge on any atom is -0.480 e. The van der Waals surface area contributed by atoms with Gasteiger partial charge < -0.3 is 14.4 Å². The predicted octanol–water partition coefficient (Wildman–Crippen LogP) is 2.49. The Hall–Kier alpha value is -2.04. The second-order valence-electron chi connectivity index (χ2n) is 5.92. The molecule has 1 saturated heterocycles. The van der Waals surface area contributed by atoms with E-state index in [1.165, 1.54) is 11.0 Å². The molecule has 0 spiro atoms. The van der Waals surface area contributed by atoms with E-state index in [4.69, 9.17) is 9.52 Å². The van der Waals surface area contributed by atoms with Crippen molar-refractivity contribution in [2.24, 2.45) is 5.92 Å². The van der Waals surface area contributed by atoms with E-state index in [9.17, 15) is 9.59 Å². The van der Waals surface area contributed by atoms with Gasteiger partial charge in [-0.05, 0) is 43.4 Å². The van der Waals surface area contributed by atoms with Crippen LogP contribution < -0.4 is 0 Å². The molecule has 1 N–H and O–H groups in total. The van der Waals surface area contributed by atoms with Crippen LogP contribution in [0.5, 0.6) is 0 Å². The zero-order valence-corrected chi connectivity index (χ0v) is 12.0. The molecule has 0 unspecified atom stereocenters. The number of hydrogen-bond acceptors (Lipinski definition) is 3. The van der Waals surface area contributed by atoms with Crippen molar-refractivity contribution in [3.05, 3.63) is 29.7 Å².